The van der Waals surface area contributed by atoms with Crippen LogP contribution in [-0.2, 0) is 0 Å². The molecule has 0 fully saturated rings. The molecule has 1 atom stereocenters. The first-order valence-electron chi connectivity index (χ1n) is 5.41. The second-order valence-corrected chi connectivity index (χ2v) is 5.33. The van der Waals surface area contributed by atoms with E-state index >= 15 is 0 Å². The summed E-state index contributed by atoms with van der Waals surface area (Å²) in [6.07, 6.45) is 0. The Morgan fingerprint density at radius 1 is 1.11 bits per heavy atom. The van der Waals surface area contributed by atoms with Crippen LogP contribution in [0, 0.1) is 0 Å². The fourth-order valence-electron chi connectivity index (χ4n) is 1.61. The van der Waals surface area contributed by atoms with E-state index < -0.39 is 0 Å². The summed E-state index contributed by atoms with van der Waals surface area (Å²) in [5.74, 6) is 0.524. The molecule has 2 nitrogen and oxygen atoms in total. The summed E-state index contributed by atoms with van der Waals surface area (Å²) in [6, 6.07) is 14.8. The van der Waals surface area contributed by atoms with Crippen molar-refractivity contribution in [3.05, 3.63) is 59.1 Å². The average Bonchev–Trinajstić information content (AvgIpc) is 2.39. The first kappa shape index (κ1) is 16.3. The standard InChI is InChI=1S/C14H12ClO2P.Li.H/c1-17-12-9-5-8-11(15)13(12)14(16)18-10-6-3-2-4-7-10;;/h2-9,18H,1H3;;. The van der Waals surface area contributed by atoms with Gasteiger partial charge in [0.15, 0.2) is 5.52 Å². The second-order valence-electron chi connectivity index (χ2n) is 3.64. The summed E-state index contributed by atoms with van der Waals surface area (Å²) < 4.78 is 5.18. The van der Waals surface area contributed by atoms with E-state index in [4.69, 9.17) is 16.3 Å². The number of carbonyl (C=O) groups excluding carboxylic acids is 1. The van der Waals surface area contributed by atoms with Gasteiger partial charge in [-0.3, -0.25) is 4.79 Å². The Bertz CT molecular complexity index is 561. The molecule has 0 aromatic heterocycles. The SMILES string of the molecule is COc1cccc(Cl)c1C(=O)Pc1ccccc1.[LiH]. The summed E-state index contributed by atoms with van der Waals surface area (Å²) in [6.45, 7) is 0. The molecule has 94 valence electrons. The van der Waals surface area contributed by atoms with Gasteiger partial charge in [-0.05, 0) is 26.0 Å². The molecule has 0 aliphatic carbocycles. The number of methoxy groups -OCH3 is 1. The average molecular weight is 287 g/mol. The minimum absolute atomic E-state index is 0. The van der Waals surface area contributed by atoms with E-state index in [0.717, 1.165) is 5.30 Å². The molecule has 0 heterocycles. The van der Waals surface area contributed by atoms with E-state index in [9.17, 15) is 4.79 Å². The van der Waals surface area contributed by atoms with Gasteiger partial charge in [0.25, 0.3) is 0 Å². The number of ether oxygens (including phenoxy) is 1. The van der Waals surface area contributed by atoms with Crippen molar-refractivity contribution in [1.29, 1.82) is 0 Å². The van der Waals surface area contributed by atoms with Crippen LogP contribution >= 0.6 is 20.2 Å². The zero-order valence-corrected chi connectivity index (χ0v) is 11.6. The van der Waals surface area contributed by atoms with Crippen LogP contribution < -0.4 is 10.0 Å². The molecule has 0 aliphatic rings. The molecule has 0 radical (unpaired) electrons. The van der Waals surface area contributed by atoms with E-state index in [1.807, 2.05) is 30.3 Å². The van der Waals surface area contributed by atoms with Crippen molar-refractivity contribution in [2.75, 3.05) is 7.11 Å². The van der Waals surface area contributed by atoms with E-state index in [1.54, 1.807) is 18.2 Å². The van der Waals surface area contributed by atoms with Crippen molar-refractivity contribution >= 4 is 49.9 Å². The first-order chi connectivity index (χ1) is 8.72. The van der Waals surface area contributed by atoms with Crippen molar-refractivity contribution < 1.29 is 9.53 Å². The van der Waals surface area contributed by atoms with Crippen molar-refractivity contribution in [2.45, 2.75) is 0 Å². The van der Waals surface area contributed by atoms with E-state index in [0.29, 0.717) is 16.3 Å². The number of halogens is 1. The summed E-state index contributed by atoms with van der Waals surface area (Å²) in [5.41, 5.74) is 0.451. The topological polar surface area (TPSA) is 26.3 Å². The summed E-state index contributed by atoms with van der Waals surface area (Å²) in [5, 5.41) is 1.42. The molecule has 0 spiro atoms. The second kappa shape index (κ2) is 7.73. The number of benzene rings is 2. The molecule has 2 aromatic carbocycles. The Kier molecular flexibility index (Phi) is 6.62. The molecule has 0 bridgehead atoms. The molecule has 0 aliphatic heterocycles. The van der Waals surface area contributed by atoms with E-state index in [-0.39, 0.29) is 33.0 Å². The Labute approximate surface area is 131 Å². The number of rotatable bonds is 4. The van der Waals surface area contributed by atoms with Crippen LogP contribution in [0.3, 0.4) is 0 Å². The Balaban J connectivity index is 0.00000180. The van der Waals surface area contributed by atoms with Gasteiger partial charge in [0.1, 0.15) is 5.75 Å². The van der Waals surface area contributed by atoms with Crippen LogP contribution in [0.1, 0.15) is 10.4 Å². The minimum atomic E-state index is -0.0105. The maximum atomic E-state index is 12.3. The van der Waals surface area contributed by atoms with Gasteiger partial charge in [0.05, 0.1) is 17.7 Å². The molecule has 2 aromatic rings. The summed E-state index contributed by atoms with van der Waals surface area (Å²) in [4.78, 5) is 12.3. The molecule has 0 saturated carbocycles. The quantitative estimate of drug-likeness (QED) is 0.638. The molecular weight excluding hydrogens is 274 g/mol. The fourth-order valence-corrected chi connectivity index (χ4v) is 2.94. The third-order valence-electron chi connectivity index (χ3n) is 2.45. The maximum absolute atomic E-state index is 12.3. The molecular formula is C14H13ClLiO2P. The Morgan fingerprint density at radius 3 is 2.42 bits per heavy atom. The normalized spacial score (nSPS) is 10.2. The van der Waals surface area contributed by atoms with Crippen molar-refractivity contribution in [3.63, 3.8) is 0 Å². The molecule has 0 saturated heterocycles. The van der Waals surface area contributed by atoms with E-state index in [2.05, 4.69) is 0 Å². The van der Waals surface area contributed by atoms with Gasteiger partial charge >= 0.3 is 18.9 Å². The predicted molar refractivity (Wildman–Crippen MR) is 83.9 cm³/mol. The molecule has 0 N–H and O–H groups in total. The van der Waals surface area contributed by atoms with Gasteiger partial charge in [-0.15, -0.1) is 0 Å². The van der Waals surface area contributed by atoms with Gasteiger partial charge in [0, 0.05) is 0 Å². The number of carbonyl (C=O) groups is 1. The van der Waals surface area contributed by atoms with Crippen LogP contribution in [-0.4, -0.2) is 31.5 Å². The van der Waals surface area contributed by atoms with Gasteiger partial charge in [-0.25, -0.2) is 0 Å². The van der Waals surface area contributed by atoms with Gasteiger partial charge in [0.2, 0.25) is 0 Å². The Morgan fingerprint density at radius 2 is 1.79 bits per heavy atom. The van der Waals surface area contributed by atoms with Gasteiger partial charge < -0.3 is 4.74 Å². The van der Waals surface area contributed by atoms with Crippen molar-refractivity contribution in [2.24, 2.45) is 0 Å². The van der Waals surface area contributed by atoms with E-state index in [1.165, 1.54) is 7.11 Å². The van der Waals surface area contributed by atoms with Crippen LogP contribution in [0.4, 0.5) is 0 Å². The molecule has 2 rings (SSSR count). The third-order valence-corrected chi connectivity index (χ3v) is 3.87. The number of hydrogen-bond donors (Lipinski definition) is 0. The van der Waals surface area contributed by atoms with Crippen LogP contribution in [0.2, 0.25) is 5.02 Å². The summed E-state index contributed by atoms with van der Waals surface area (Å²) >= 11 is 6.07. The first-order valence-corrected chi connectivity index (χ1v) is 6.79. The number of hydrogen-bond acceptors (Lipinski definition) is 2. The van der Waals surface area contributed by atoms with Crippen LogP contribution in [0.5, 0.6) is 5.75 Å². The van der Waals surface area contributed by atoms with Gasteiger partial charge in [-0.1, -0.05) is 48.0 Å². The zero-order valence-electron chi connectivity index (χ0n) is 9.81. The third kappa shape index (κ3) is 4.10. The monoisotopic (exact) mass is 286 g/mol. The molecule has 19 heavy (non-hydrogen) atoms. The van der Waals surface area contributed by atoms with Crippen molar-refractivity contribution in [3.8, 4) is 5.75 Å². The van der Waals surface area contributed by atoms with Crippen LogP contribution in [0.15, 0.2) is 48.5 Å². The molecule has 1 unspecified atom stereocenters. The Hall–Kier alpha value is -0.773. The molecule has 5 heteroatoms. The molecule has 0 amide bonds. The summed E-state index contributed by atoms with van der Waals surface area (Å²) in [7, 11) is 1.58. The predicted octanol–water partition coefficient (Wildman–Crippen LogP) is 2.84. The zero-order chi connectivity index (χ0) is 13.0. The van der Waals surface area contributed by atoms with Crippen molar-refractivity contribution in [1.82, 2.24) is 0 Å². The van der Waals surface area contributed by atoms with Gasteiger partial charge in [-0.2, -0.15) is 0 Å². The fraction of sp³-hybridized carbons (Fsp3) is 0.0714. The van der Waals surface area contributed by atoms with Crippen LogP contribution in [0.25, 0.3) is 0 Å².